The maximum atomic E-state index is 5.91. The highest BCUT2D eigenvalue weighted by atomic mass is 127. The summed E-state index contributed by atoms with van der Waals surface area (Å²) in [4.78, 5) is 7.24. The normalized spacial score (nSPS) is 10.7. The fourth-order valence-electron chi connectivity index (χ4n) is 1.20. The summed E-state index contributed by atoms with van der Waals surface area (Å²) in [5.41, 5.74) is 0.797. The zero-order valence-electron chi connectivity index (χ0n) is 6.77. The highest BCUT2D eigenvalue weighted by Crippen LogP contribution is 2.32. The smallest absolute Gasteiger partial charge is 0.150 e. The van der Waals surface area contributed by atoms with E-state index in [0.29, 0.717) is 10.8 Å². The Morgan fingerprint density at radius 1 is 1.62 bits per heavy atom. The first kappa shape index (κ1) is 9.08. The number of methoxy groups -OCH3 is 1. The van der Waals surface area contributed by atoms with Gasteiger partial charge in [0.1, 0.15) is 16.4 Å². The molecule has 0 saturated heterocycles. The van der Waals surface area contributed by atoms with Gasteiger partial charge in [0.05, 0.1) is 22.4 Å². The molecule has 0 aliphatic heterocycles. The highest BCUT2D eigenvalue weighted by Gasteiger charge is 2.09. The number of fused-ring (bicyclic) bond motifs is 1. The molecule has 0 atom stereocenters. The Hall–Kier alpha value is -0.490. The molecule has 2 aromatic heterocycles. The van der Waals surface area contributed by atoms with Gasteiger partial charge in [-0.1, -0.05) is 11.6 Å². The predicted molar refractivity (Wildman–Crippen MR) is 60.4 cm³/mol. The first-order valence-electron chi connectivity index (χ1n) is 3.59. The minimum atomic E-state index is 0.533. The Kier molecular flexibility index (Phi) is 2.33. The molecule has 0 aliphatic carbocycles. The summed E-state index contributed by atoms with van der Waals surface area (Å²) < 4.78 is 6.19. The summed E-state index contributed by atoms with van der Waals surface area (Å²) in [5, 5.41) is 1.45. The third-order valence-corrected chi connectivity index (χ3v) is 2.59. The second-order valence-electron chi connectivity index (χ2n) is 2.52. The number of rotatable bonds is 1. The van der Waals surface area contributed by atoms with Gasteiger partial charge in [-0.05, 0) is 28.7 Å². The first-order valence-corrected chi connectivity index (χ1v) is 5.04. The number of hydrogen-bond donors (Lipinski definition) is 1. The number of aromatic amines is 1. The van der Waals surface area contributed by atoms with E-state index < -0.39 is 0 Å². The topological polar surface area (TPSA) is 37.9 Å². The van der Waals surface area contributed by atoms with Crippen molar-refractivity contribution in [2.45, 2.75) is 0 Å². The highest BCUT2D eigenvalue weighted by molar-refractivity contribution is 14.1. The minimum absolute atomic E-state index is 0.533. The second kappa shape index (κ2) is 3.34. The largest absolute Gasteiger partial charge is 0.494 e. The van der Waals surface area contributed by atoms with E-state index in [2.05, 4.69) is 32.6 Å². The van der Waals surface area contributed by atoms with Crippen LogP contribution in [0, 0.1) is 3.70 Å². The van der Waals surface area contributed by atoms with Crippen molar-refractivity contribution >= 4 is 45.2 Å². The summed E-state index contributed by atoms with van der Waals surface area (Å²) in [6, 6.07) is 1.95. The molecule has 1 N–H and O–H groups in total. The van der Waals surface area contributed by atoms with Crippen LogP contribution in [-0.4, -0.2) is 17.1 Å². The lowest BCUT2D eigenvalue weighted by Gasteiger charge is -2.02. The van der Waals surface area contributed by atoms with Crippen LogP contribution in [0.3, 0.4) is 0 Å². The van der Waals surface area contributed by atoms with Crippen LogP contribution >= 0.6 is 34.2 Å². The van der Waals surface area contributed by atoms with Gasteiger partial charge in [-0.3, -0.25) is 0 Å². The molecule has 0 unspecified atom stereocenters. The third kappa shape index (κ3) is 1.48. The molecule has 0 saturated carbocycles. The predicted octanol–water partition coefficient (Wildman–Crippen LogP) is 2.83. The van der Waals surface area contributed by atoms with Crippen LogP contribution < -0.4 is 4.74 Å². The molecule has 0 bridgehead atoms. The molecule has 0 aliphatic rings. The first-order chi connectivity index (χ1) is 6.22. The molecule has 3 nitrogen and oxygen atoms in total. The van der Waals surface area contributed by atoms with Gasteiger partial charge in [0.25, 0.3) is 0 Å². The van der Waals surface area contributed by atoms with Crippen molar-refractivity contribution in [1.29, 1.82) is 0 Å². The number of hydrogen-bond acceptors (Lipinski definition) is 2. The van der Waals surface area contributed by atoms with Crippen molar-refractivity contribution in [2.24, 2.45) is 0 Å². The van der Waals surface area contributed by atoms with Crippen molar-refractivity contribution < 1.29 is 4.74 Å². The zero-order valence-corrected chi connectivity index (χ0v) is 9.68. The van der Waals surface area contributed by atoms with Crippen LogP contribution in [0.4, 0.5) is 0 Å². The number of aromatic nitrogens is 2. The molecule has 13 heavy (non-hydrogen) atoms. The molecule has 2 heterocycles. The van der Waals surface area contributed by atoms with Crippen molar-refractivity contribution in [3.63, 3.8) is 0 Å². The van der Waals surface area contributed by atoms with Crippen molar-refractivity contribution in [2.75, 3.05) is 7.11 Å². The molecule has 68 valence electrons. The van der Waals surface area contributed by atoms with E-state index in [1.54, 1.807) is 13.3 Å². The monoisotopic (exact) mass is 308 g/mol. The van der Waals surface area contributed by atoms with E-state index >= 15 is 0 Å². The summed E-state index contributed by atoms with van der Waals surface area (Å²) >= 11 is 8.09. The van der Waals surface area contributed by atoms with E-state index in [0.717, 1.165) is 14.7 Å². The van der Waals surface area contributed by atoms with E-state index in [-0.39, 0.29) is 0 Å². The lowest BCUT2D eigenvalue weighted by Crippen LogP contribution is -1.86. The maximum Gasteiger partial charge on any atom is 0.150 e. The second-order valence-corrected chi connectivity index (χ2v) is 4.09. The summed E-state index contributed by atoms with van der Waals surface area (Å²) in [7, 11) is 1.60. The van der Waals surface area contributed by atoms with Crippen LogP contribution in [0.2, 0.25) is 5.02 Å². The van der Waals surface area contributed by atoms with Crippen molar-refractivity contribution in [3.05, 3.63) is 21.0 Å². The van der Waals surface area contributed by atoms with Crippen LogP contribution in [0.1, 0.15) is 0 Å². The fraction of sp³-hybridized carbons (Fsp3) is 0.125. The standard InChI is InChI=1S/C8H6ClIN2O/c1-13-7-4-2-6(10)12-8(4)11-3-5(7)9/h2-3H,1H3,(H,11,12). The Bertz CT molecular complexity index is 455. The quantitative estimate of drug-likeness (QED) is 0.823. The lowest BCUT2D eigenvalue weighted by molar-refractivity contribution is 0.419. The van der Waals surface area contributed by atoms with Gasteiger partial charge >= 0.3 is 0 Å². The number of nitrogens with one attached hydrogen (secondary N) is 1. The molecule has 0 spiro atoms. The molecule has 0 radical (unpaired) electrons. The van der Waals surface area contributed by atoms with E-state index in [1.807, 2.05) is 6.07 Å². The number of nitrogens with zero attached hydrogens (tertiary/aromatic N) is 1. The van der Waals surface area contributed by atoms with Gasteiger partial charge in [-0.2, -0.15) is 0 Å². The van der Waals surface area contributed by atoms with Gasteiger partial charge in [-0.25, -0.2) is 4.98 Å². The van der Waals surface area contributed by atoms with Crippen LogP contribution in [-0.2, 0) is 0 Å². The molecule has 2 aromatic rings. The number of halogens is 2. The molecule has 0 aromatic carbocycles. The van der Waals surface area contributed by atoms with Gasteiger partial charge < -0.3 is 9.72 Å². The average Bonchev–Trinajstić information content (AvgIpc) is 2.45. The minimum Gasteiger partial charge on any atom is -0.494 e. The molecule has 0 amide bonds. The SMILES string of the molecule is COc1c(Cl)cnc2[nH]c(I)cc12. The van der Waals surface area contributed by atoms with Crippen LogP contribution in [0.5, 0.6) is 5.75 Å². The number of H-pyrrole nitrogens is 1. The lowest BCUT2D eigenvalue weighted by atomic mass is 10.3. The summed E-state index contributed by atoms with van der Waals surface area (Å²) in [6.45, 7) is 0. The molecule has 2 rings (SSSR count). The number of ether oxygens (including phenoxy) is 1. The molecule has 0 fully saturated rings. The van der Waals surface area contributed by atoms with Gasteiger partial charge in [0, 0.05) is 0 Å². The molecule has 5 heteroatoms. The van der Waals surface area contributed by atoms with Gasteiger partial charge in [-0.15, -0.1) is 0 Å². The molecular formula is C8H6ClIN2O. The Balaban J connectivity index is 2.82. The average molecular weight is 309 g/mol. The van der Waals surface area contributed by atoms with Crippen LogP contribution in [0.25, 0.3) is 11.0 Å². The molecular weight excluding hydrogens is 302 g/mol. The zero-order chi connectivity index (χ0) is 9.42. The van der Waals surface area contributed by atoms with Gasteiger partial charge in [0.15, 0.2) is 0 Å². The Morgan fingerprint density at radius 2 is 2.38 bits per heavy atom. The van der Waals surface area contributed by atoms with Gasteiger partial charge in [0.2, 0.25) is 0 Å². The maximum absolute atomic E-state index is 5.91. The van der Waals surface area contributed by atoms with Crippen molar-refractivity contribution in [1.82, 2.24) is 9.97 Å². The number of pyridine rings is 1. The Morgan fingerprint density at radius 3 is 3.08 bits per heavy atom. The van der Waals surface area contributed by atoms with E-state index in [1.165, 1.54) is 0 Å². The summed E-state index contributed by atoms with van der Waals surface area (Å²) in [6.07, 6.45) is 1.58. The van der Waals surface area contributed by atoms with E-state index in [4.69, 9.17) is 16.3 Å². The fourth-order valence-corrected chi connectivity index (χ4v) is 2.00. The van der Waals surface area contributed by atoms with E-state index in [9.17, 15) is 0 Å². The summed E-state index contributed by atoms with van der Waals surface area (Å²) in [5.74, 6) is 0.672. The Labute approximate surface area is 93.6 Å². The van der Waals surface area contributed by atoms with Crippen molar-refractivity contribution in [3.8, 4) is 5.75 Å². The van der Waals surface area contributed by atoms with Crippen LogP contribution in [0.15, 0.2) is 12.3 Å². The third-order valence-electron chi connectivity index (χ3n) is 1.74.